The van der Waals surface area contributed by atoms with Gasteiger partial charge in [0, 0.05) is 11.4 Å². The largest absolute Gasteiger partial charge is 0.462 e. The zero-order valence-electron chi connectivity index (χ0n) is 8.97. The van der Waals surface area contributed by atoms with Gasteiger partial charge in [0.25, 0.3) is 0 Å². The average Bonchev–Trinajstić information content (AvgIpc) is 3.02. The lowest BCUT2D eigenvalue weighted by Gasteiger charge is -2.05. The molecule has 1 aliphatic carbocycles. The van der Waals surface area contributed by atoms with E-state index in [2.05, 4.69) is 9.97 Å². The van der Waals surface area contributed by atoms with E-state index in [9.17, 15) is 4.79 Å². The predicted molar refractivity (Wildman–Crippen MR) is 61.3 cm³/mol. The van der Waals surface area contributed by atoms with Crippen LogP contribution in [0.2, 0.25) is 0 Å². The second-order valence-electron chi connectivity index (χ2n) is 3.49. The van der Waals surface area contributed by atoms with Gasteiger partial charge in [0.2, 0.25) is 0 Å². The van der Waals surface area contributed by atoms with Gasteiger partial charge in [-0.05, 0) is 19.8 Å². The molecular formula is C10H13N3O2S. The number of nitrogens with two attached hydrogens (primary N) is 1. The number of hydrogen-bond donors (Lipinski definition) is 1. The van der Waals surface area contributed by atoms with E-state index in [1.54, 1.807) is 18.7 Å². The maximum absolute atomic E-state index is 11.4. The molecule has 1 heterocycles. The van der Waals surface area contributed by atoms with Crippen molar-refractivity contribution in [2.24, 2.45) is 0 Å². The monoisotopic (exact) mass is 239 g/mol. The number of carbonyl (C=O) groups excluding carboxylic acids is 1. The molecule has 1 saturated carbocycles. The third kappa shape index (κ3) is 2.63. The first-order valence-corrected chi connectivity index (χ1v) is 6.05. The van der Waals surface area contributed by atoms with Crippen LogP contribution in [0.4, 0.5) is 5.82 Å². The van der Waals surface area contributed by atoms with Crippen LogP contribution in [0.5, 0.6) is 0 Å². The van der Waals surface area contributed by atoms with Crippen molar-refractivity contribution in [3.63, 3.8) is 0 Å². The number of carbonyl (C=O) groups is 1. The van der Waals surface area contributed by atoms with Crippen molar-refractivity contribution >= 4 is 23.5 Å². The summed E-state index contributed by atoms with van der Waals surface area (Å²) in [6, 6.07) is 0. The molecule has 1 aromatic rings. The second-order valence-corrected chi connectivity index (χ2v) is 4.76. The Balaban J connectivity index is 2.11. The summed E-state index contributed by atoms with van der Waals surface area (Å²) >= 11 is 1.60. The van der Waals surface area contributed by atoms with Gasteiger partial charge in [-0.3, -0.25) is 0 Å². The summed E-state index contributed by atoms with van der Waals surface area (Å²) in [7, 11) is 0. The number of anilines is 1. The molecule has 0 amide bonds. The molecule has 2 rings (SSSR count). The predicted octanol–water partition coefficient (Wildman–Crippen LogP) is 1.49. The number of nitrogen functional groups attached to an aromatic ring is 1. The van der Waals surface area contributed by atoms with Gasteiger partial charge < -0.3 is 10.5 Å². The van der Waals surface area contributed by atoms with Crippen LogP contribution >= 0.6 is 11.8 Å². The van der Waals surface area contributed by atoms with Crippen molar-refractivity contribution in [3.05, 3.63) is 11.8 Å². The Hall–Kier alpha value is -1.30. The summed E-state index contributed by atoms with van der Waals surface area (Å²) < 4.78 is 4.84. The van der Waals surface area contributed by atoms with Gasteiger partial charge in [-0.2, -0.15) is 0 Å². The Morgan fingerprint density at radius 3 is 3.00 bits per heavy atom. The van der Waals surface area contributed by atoms with Crippen LogP contribution in [0.15, 0.2) is 11.4 Å². The average molecular weight is 239 g/mol. The fourth-order valence-electron chi connectivity index (χ4n) is 1.14. The van der Waals surface area contributed by atoms with Crippen LogP contribution in [0.1, 0.15) is 30.1 Å². The number of rotatable bonds is 4. The highest BCUT2D eigenvalue weighted by atomic mass is 32.2. The van der Waals surface area contributed by atoms with Gasteiger partial charge >= 0.3 is 5.97 Å². The molecule has 0 atom stereocenters. The molecule has 0 aromatic carbocycles. The summed E-state index contributed by atoms with van der Waals surface area (Å²) in [6.45, 7) is 2.06. The molecule has 6 heteroatoms. The molecule has 0 saturated heterocycles. The minimum atomic E-state index is -0.469. The van der Waals surface area contributed by atoms with Gasteiger partial charge in [0.15, 0.2) is 5.16 Å². The van der Waals surface area contributed by atoms with Crippen LogP contribution in [-0.2, 0) is 4.74 Å². The quantitative estimate of drug-likeness (QED) is 0.633. The number of thioether (sulfide) groups is 1. The van der Waals surface area contributed by atoms with Crippen molar-refractivity contribution < 1.29 is 9.53 Å². The molecule has 86 valence electrons. The molecule has 0 radical (unpaired) electrons. The number of nitrogens with zero attached hydrogens (tertiary/aromatic N) is 2. The summed E-state index contributed by atoms with van der Waals surface area (Å²) in [6.07, 6.45) is 3.84. The van der Waals surface area contributed by atoms with Crippen LogP contribution in [0.3, 0.4) is 0 Å². The van der Waals surface area contributed by atoms with Crippen LogP contribution in [0.25, 0.3) is 0 Å². The number of hydrogen-bond acceptors (Lipinski definition) is 6. The number of aromatic nitrogens is 2. The zero-order chi connectivity index (χ0) is 11.5. The van der Waals surface area contributed by atoms with Crippen LogP contribution in [-0.4, -0.2) is 27.8 Å². The van der Waals surface area contributed by atoms with E-state index < -0.39 is 5.97 Å². The molecular weight excluding hydrogens is 226 g/mol. The van der Waals surface area contributed by atoms with Crippen molar-refractivity contribution in [1.29, 1.82) is 0 Å². The summed E-state index contributed by atoms with van der Waals surface area (Å²) in [4.78, 5) is 19.6. The van der Waals surface area contributed by atoms with E-state index in [0.717, 1.165) is 0 Å². The van der Waals surface area contributed by atoms with Crippen molar-refractivity contribution in [2.75, 3.05) is 12.3 Å². The Kier molecular flexibility index (Phi) is 3.28. The third-order valence-corrected chi connectivity index (χ3v) is 3.30. The van der Waals surface area contributed by atoms with Crippen molar-refractivity contribution in [2.45, 2.75) is 30.2 Å². The highest BCUT2D eigenvalue weighted by Crippen LogP contribution is 2.37. The summed E-state index contributed by atoms with van der Waals surface area (Å²) in [5.74, 6) is -0.278. The highest BCUT2D eigenvalue weighted by molar-refractivity contribution is 8.00. The van der Waals surface area contributed by atoms with Crippen LogP contribution < -0.4 is 5.73 Å². The Morgan fingerprint density at radius 2 is 2.44 bits per heavy atom. The molecule has 1 fully saturated rings. The minimum absolute atomic E-state index is 0.191. The molecule has 0 spiro atoms. The summed E-state index contributed by atoms with van der Waals surface area (Å²) in [5, 5.41) is 1.25. The number of ether oxygens (including phenoxy) is 1. The SMILES string of the molecule is CCOC(=O)c1cnc(SC2CC2)nc1N. The lowest BCUT2D eigenvalue weighted by atomic mass is 10.3. The first-order valence-electron chi connectivity index (χ1n) is 5.17. The molecule has 2 N–H and O–H groups in total. The topological polar surface area (TPSA) is 78.1 Å². The molecule has 1 aromatic heterocycles. The molecule has 0 bridgehead atoms. The normalized spacial score (nSPS) is 14.8. The second kappa shape index (κ2) is 4.69. The van der Waals surface area contributed by atoms with Crippen molar-refractivity contribution in [1.82, 2.24) is 9.97 Å². The minimum Gasteiger partial charge on any atom is -0.462 e. The van der Waals surface area contributed by atoms with E-state index in [1.165, 1.54) is 19.0 Å². The molecule has 0 unspecified atom stereocenters. The van der Waals surface area contributed by atoms with E-state index >= 15 is 0 Å². The van der Waals surface area contributed by atoms with E-state index in [1.807, 2.05) is 0 Å². The van der Waals surface area contributed by atoms with Gasteiger partial charge in [-0.1, -0.05) is 11.8 Å². The molecule has 1 aliphatic rings. The Morgan fingerprint density at radius 1 is 1.69 bits per heavy atom. The van der Waals surface area contributed by atoms with E-state index in [4.69, 9.17) is 10.5 Å². The third-order valence-electron chi connectivity index (χ3n) is 2.09. The van der Waals surface area contributed by atoms with Crippen molar-refractivity contribution in [3.8, 4) is 0 Å². The number of esters is 1. The fourth-order valence-corrected chi connectivity index (χ4v) is 2.07. The molecule has 16 heavy (non-hydrogen) atoms. The molecule has 0 aliphatic heterocycles. The smallest absolute Gasteiger partial charge is 0.343 e. The lowest BCUT2D eigenvalue weighted by Crippen LogP contribution is -2.10. The zero-order valence-corrected chi connectivity index (χ0v) is 9.79. The maximum Gasteiger partial charge on any atom is 0.343 e. The van der Waals surface area contributed by atoms with Gasteiger partial charge in [0.1, 0.15) is 11.4 Å². The Labute approximate surface area is 97.8 Å². The fraction of sp³-hybridized carbons (Fsp3) is 0.500. The first-order chi connectivity index (χ1) is 7.70. The maximum atomic E-state index is 11.4. The highest BCUT2D eigenvalue weighted by Gasteiger charge is 2.24. The van der Waals surface area contributed by atoms with Gasteiger partial charge in [-0.15, -0.1) is 0 Å². The standard InChI is InChI=1S/C10H13N3O2S/c1-2-15-9(14)7-5-12-10(13-8(7)11)16-6-3-4-6/h5-6H,2-4H2,1H3,(H2,11,12,13). The van der Waals surface area contributed by atoms with E-state index in [-0.39, 0.29) is 11.4 Å². The van der Waals surface area contributed by atoms with Gasteiger partial charge in [-0.25, -0.2) is 14.8 Å². The molecule has 5 nitrogen and oxygen atoms in total. The van der Waals surface area contributed by atoms with E-state index in [0.29, 0.717) is 17.0 Å². The van der Waals surface area contributed by atoms with Crippen LogP contribution in [0, 0.1) is 0 Å². The Bertz CT molecular complexity index is 407. The van der Waals surface area contributed by atoms with Gasteiger partial charge in [0.05, 0.1) is 6.61 Å². The lowest BCUT2D eigenvalue weighted by molar-refractivity contribution is 0.0526. The first kappa shape index (κ1) is 11.2. The summed E-state index contributed by atoms with van der Waals surface area (Å²) in [5.41, 5.74) is 5.92.